The minimum absolute atomic E-state index is 0.143. The molecule has 0 aromatic carbocycles. The van der Waals surface area contributed by atoms with E-state index >= 15 is 0 Å². The third kappa shape index (κ3) is 0.578. The molecule has 9 heavy (non-hydrogen) atoms. The Bertz CT molecular complexity index is 254. The van der Waals surface area contributed by atoms with Crippen molar-refractivity contribution < 1.29 is 4.79 Å². The molecule has 1 heteroatoms. The second kappa shape index (κ2) is 1.44. The van der Waals surface area contributed by atoms with Gasteiger partial charge in [-0.15, -0.1) is 0 Å². The van der Waals surface area contributed by atoms with E-state index in [1.807, 2.05) is 6.08 Å². The van der Waals surface area contributed by atoms with E-state index in [2.05, 4.69) is 6.08 Å². The summed E-state index contributed by atoms with van der Waals surface area (Å²) in [5.74, 6) is 0.143. The molecule has 0 aromatic heterocycles. The molecule has 2 aliphatic carbocycles. The number of hydrogen-bond acceptors (Lipinski definition) is 1. The van der Waals surface area contributed by atoms with Crippen molar-refractivity contribution in [3.8, 4) is 0 Å². The van der Waals surface area contributed by atoms with E-state index in [4.69, 9.17) is 0 Å². The van der Waals surface area contributed by atoms with Crippen LogP contribution in [0.3, 0.4) is 0 Å². The Labute approximate surface area is 53.4 Å². The Balaban J connectivity index is 2.53. The van der Waals surface area contributed by atoms with Crippen molar-refractivity contribution in [2.24, 2.45) is 0 Å². The molecule has 0 fully saturated rings. The average molecular weight is 118 g/mol. The summed E-state index contributed by atoms with van der Waals surface area (Å²) in [4.78, 5) is 10.7. The first-order chi connectivity index (χ1) is 4.36. The maximum atomic E-state index is 10.7. The van der Waals surface area contributed by atoms with Gasteiger partial charge in [0.15, 0.2) is 5.78 Å². The molecule has 0 heterocycles. The normalized spacial score (nSPS) is 22.0. The summed E-state index contributed by atoms with van der Waals surface area (Å²) in [7, 11) is 0. The molecule has 2 aliphatic rings. The Morgan fingerprint density at radius 2 is 2.22 bits per heavy atom. The van der Waals surface area contributed by atoms with Crippen LogP contribution in [0.25, 0.3) is 0 Å². The van der Waals surface area contributed by atoms with Crippen molar-refractivity contribution in [1.82, 2.24) is 0 Å². The topological polar surface area (TPSA) is 17.1 Å². The fraction of sp³-hybridized carbons (Fsp3) is 0.125. The van der Waals surface area contributed by atoms with Crippen molar-refractivity contribution in [3.63, 3.8) is 0 Å². The third-order valence-electron chi connectivity index (χ3n) is 1.62. The van der Waals surface area contributed by atoms with Crippen LogP contribution in [0.4, 0.5) is 0 Å². The van der Waals surface area contributed by atoms with E-state index < -0.39 is 0 Å². The van der Waals surface area contributed by atoms with E-state index in [1.165, 1.54) is 5.57 Å². The first kappa shape index (κ1) is 4.74. The number of carbonyl (C=O) groups excluding carboxylic acids is 1. The standard InChI is InChI=1S/C8H6O/c9-8-4-6-2-1-3-7(6)5-8/h1-2,4-5H,3H2. The van der Waals surface area contributed by atoms with Crippen LogP contribution in [-0.2, 0) is 4.79 Å². The third-order valence-corrected chi connectivity index (χ3v) is 1.62. The summed E-state index contributed by atoms with van der Waals surface area (Å²) in [6.07, 6.45) is 8.40. The summed E-state index contributed by atoms with van der Waals surface area (Å²) in [6.45, 7) is 0. The summed E-state index contributed by atoms with van der Waals surface area (Å²) in [5, 5.41) is 0. The minimum atomic E-state index is 0.143. The van der Waals surface area contributed by atoms with Gasteiger partial charge in [0.2, 0.25) is 0 Å². The van der Waals surface area contributed by atoms with E-state index in [9.17, 15) is 4.79 Å². The van der Waals surface area contributed by atoms with Gasteiger partial charge in [0.25, 0.3) is 0 Å². The lowest BCUT2D eigenvalue weighted by atomic mass is 10.2. The van der Waals surface area contributed by atoms with Crippen molar-refractivity contribution in [3.05, 3.63) is 35.5 Å². The van der Waals surface area contributed by atoms with E-state index in [0.29, 0.717) is 0 Å². The fourth-order valence-electron chi connectivity index (χ4n) is 1.19. The number of fused-ring (bicyclic) bond motifs is 1. The molecule has 1 nitrogen and oxygen atoms in total. The number of allylic oxidation sites excluding steroid dienone is 6. The van der Waals surface area contributed by atoms with Crippen LogP contribution >= 0.6 is 0 Å². The van der Waals surface area contributed by atoms with E-state index in [1.54, 1.807) is 12.2 Å². The van der Waals surface area contributed by atoms with Gasteiger partial charge in [-0.1, -0.05) is 12.2 Å². The lowest BCUT2D eigenvalue weighted by molar-refractivity contribution is -0.110. The van der Waals surface area contributed by atoms with Crippen LogP contribution in [-0.4, -0.2) is 5.78 Å². The quantitative estimate of drug-likeness (QED) is 0.469. The maximum Gasteiger partial charge on any atom is 0.179 e. The monoisotopic (exact) mass is 118 g/mol. The molecule has 0 N–H and O–H groups in total. The van der Waals surface area contributed by atoms with Gasteiger partial charge in [0.1, 0.15) is 0 Å². The van der Waals surface area contributed by atoms with Gasteiger partial charge >= 0.3 is 0 Å². The number of carbonyl (C=O) groups is 1. The Kier molecular flexibility index (Phi) is 0.758. The molecule has 0 saturated carbocycles. The van der Waals surface area contributed by atoms with Crippen LogP contribution in [0.1, 0.15) is 6.42 Å². The Morgan fingerprint density at radius 3 is 3.00 bits per heavy atom. The molecule has 44 valence electrons. The van der Waals surface area contributed by atoms with Gasteiger partial charge in [-0.2, -0.15) is 0 Å². The Hall–Kier alpha value is -1.11. The summed E-state index contributed by atoms with van der Waals surface area (Å²) in [6, 6.07) is 0. The van der Waals surface area contributed by atoms with Gasteiger partial charge in [0, 0.05) is 0 Å². The Morgan fingerprint density at radius 1 is 1.33 bits per heavy atom. The van der Waals surface area contributed by atoms with Gasteiger partial charge in [-0.05, 0) is 29.7 Å². The molecule has 0 bridgehead atoms. The van der Waals surface area contributed by atoms with Crippen molar-refractivity contribution in [2.75, 3.05) is 0 Å². The number of hydrogen-bond donors (Lipinski definition) is 0. The van der Waals surface area contributed by atoms with Gasteiger partial charge < -0.3 is 0 Å². The van der Waals surface area contributed by atoms with Crippen molar-refractivity contribution in [1.29, 1.82) is 0 Å². The second-order valence-corrected chi connectivity index (χ2v) is 2.28. The molecule has 0 atom stereocenters. The predicted octanol–water partition coefficient (Wildman–Crippen LogP) is 1.38. The lowest BCUT2D eigenvalue weighted by Crippen LogP contribution is -1.77. The highest BCUT2D eigenvalue weighted by molar-refractivity contribution is 6.05. The molecule has 0 aliphatic heterocycles. The highest BCUT2D eigenvalue weighted by Crippen LogP contribution is 2.27. The predicted molar refractivity (Wildman–Crippen MR) is 34.9 cm³/mol. The molecule has 2 rings (SSSR count). The zero-order valence-electron chi connectivity index (χ0n) is 4.92. The van der Waals surface area contributed by atoms with Crippen molar-refractivity contribution >= 4 is 5.78 Å². The van der Waals surface area contributed by atoms with Crippen LogP contribution in [0.2, 0.25) is 0 Å². The van der Waals surface area contributed by atoms with Crippen LogP contribution in [0.5, 0.6) is 0 Å². The zero-order chi connectivity index (χ0) is 6.27. The fourth-order valence-corrected chi connectivity index (χ4v) is 1.19. The first-order valence-corrected chi connectivity index (χ1v) is 2.99. The molecule has 0 amide bonds. The van der Waals surface area contributed by atoms with Crippen molar-refractivity contribution in [2.45, 2.75) is 6.42 Å². The smallest absolute Gasteiger partial charge is 0.179 e. The van der Waals surface area contributed by atoms with Crippen LogP contribution in [0.15, 0.2) is 35.5 Å². The van der Waals surface area contributed by atoms with Crippen LogP contribution < -0.4 is 0 Å². The van der Waals surface area contributed by atoms with E-state index in [0.717, 1.165) is 12.0 Å². The molecule has 0 unspecified atom stereocenters. The number of ketones is 1. The summed E-state index contributed by atoms with van der Waals surface area (Å²) in [5.41, 5.74) is 2.29. The maximum absolute atomic E-state index is 10.7. The molecule has 0 radical (unpaired) electrons. The lowest BCUT2D eigenvalue weighted by Gasteiger charge is -1.86. The summed E-state index contributed by atoms with van der Waals surface area (Å²) < 4.78 is 0. The number of rotatable bonds is 0. The first-order valence-electron chi connectivity index (χ1n) is 2.99. The molecular formula is C8H6O. The van der Waals surface area contributed by atoms with E-state index in [-0.39, 0.29) is 5.78 Å². The molecule has 0 saturated heterocycles. The second-order valence-electron chi connectivity index (χ2n) is 2.28. The zero-order valence-corrected chi connectivity index (χ0v) is 4.92. The van der Waals surface area contributed by atoms with Crippen LogP contribution in [0, 0.1) is 0 Å². The summed E-state index contributed by atoms with van der Waals surface area (Å²) >= 11 is 0. The SMILES string of the molecule is O=C1C=C2C=CCC2=C1. The van der Waals surface area contributed by atoms with Gasteiger partial charge in [0.05, 0.1) is 0 Å². The minimum Gasteiger partial charge on any atom is -0.290 e. The van der Waals surface area contributed by atoms with Gasteiger partial charge in [-0.25, -0.2) is 0 Å². The molecule has 0 spiro atoms. The van der Waals surface area contributed by atoms with Gasteiger partial charge in [-0.3, -0.25) is 4.79 Å². The molecule has 0 aromatic rings. The highest BCUT2D eigenvalue weighted by Gasteiger charge is 2.14. The highest BCUT2D eigenvalue weighted by atomic mass is 16.1. The average Bonchev–Trinajstić information content (AvgIpc) is 2.22. The largest absolute Gasteiger partial charge is 0.290 e. The molecular weight excluding hydrogens is 112 g/mol.